The Balaban J connectivity index is 1.76. The summed E-state index contributed by atoms with van der Waals surface area (Å²) < 4.78 is 40.3. The average Bonchev–Trinajstić information content (AvgIpc) is 2.75. The normalized spacial score (nSPS) is 12.7. The van der Waals surface area contributed by atoms with Gasteiger partial charge in [-0.25, -0.2) is 4.39 Å². The number of hydrogen-bond acceptors (Lipinski definition) is 5. The largest absolute Gasteiger partial charge is 0.491 e. The summed E-state index contributed by atoms with van der Waals surface area (Å²) in [5.41, 5.74) is 1.10. The van der Waals surface area contributed by atoms with Crippen molar-refractivity contribution in [2.75, 3.05) is 27.1 Å². The van der Waals surface area contributed by atoms with Crippen molar-refractivity contribution < 1.29 is 28.1 Å². The fourth-order valence-electron chi connectivity index (χ4n) is 2.22. The average molecular weight is 402 g/mol. The molecule has 2 rings (SSSR count). The third kappa shape index (κ3) is 10.1. The highest BCUT2D eigenvalue weighted by molar-refractivity contribution is 5.22. The van der Waals surface area contributed by atoms with E-state index < -0.39 is 0 Å². The molecule has 6 heteroatoms. The van der Waals surface area contributed by atoms with Crippen molar-refractivity contribution >= 4 is 0 Å². The van der Waals surface area contributed by atoms with Crippen LogP contribution in [-0.2, 0) is 25.6 Å². The summed E-state index contributed by atoms with van der Waals surface area (Å²) >= 11 is 0. The minimum Gasteiger partial charge on any atom is -0.491 e. The van der Waals surface area contributed by atoms with Crippen LogP contribution in [0.25, 0.3) is 0 Å². The molecule has 0 aliphatic rings. The third-order valence-electron chi connectivity index (χ3n) is 3.93. The molecule has 0 aliphatic heterocycles. The molecular weight excluding hydrogens is 375 g/mol. The second-order valence-corrected chi connectivity index (χ2v) is 6.18. The maximum atomic E-state index is 13.0. The second-order valence-electron chi connectivity index (χ2n) is 6.18. The molecule has 0 aromatic heterocycles. The van der Waals surface area contributed by atoms with Crippen molar-refractivity contribution in [1.82, 2.24) is 0 Å². The van der Waals surface area contributed by atoms with Crippen molar-refractivity contribution in [2.24, 2.45) is 0 Å². The van der Waals surface area contributed by atoms with Crippen molar-refractivity contribution in [3.63, 3.8) is 0 Å². The smallest absolute Gasteiger partial charge is 0.157 e. The van der Waals surface area contributed by atoms with Gasteiger partial charge in [0, 0.05) is 13.5 Å². The Kier molecular flexibility index (Phi) is 10.8. The van der Waals surface area contributed by atoms with Crippen LogP contribution < -0.4 is 4.74 Å². The van der Waals surface area contributed by atoms with E-state index in [1.54, 1.807) is 26.2 Å². The van der Waals surface area contributed by atoms with Crippen LogP contribution in [-0.4, -0.2) is 39.5 Å². The first kappa shape index (κ1) is 22.9. The van der Waals surface area contributed by atoms with Gasteiger partial charge in [-0.05, 0) is 36.8 Å². The molecule has 5 nitrogen and oxygen atoms in total. The van der Waals surface area contributed by atoms with E-state index in [0.29, 0.717) is 25.4 Å². The van der Waals surface area contributed by atoms with Gasteiger partial charge in [0.25, 0.3) is 0 Å². The second kappa shape index (κ2) is 13.7. The van der Waals surface area contributed by atoms with Crippen molar-refractivity contribution in [3.05, 3.63) is 66.0 Å². The van der Waals surface area contributed by atoms with Gasteiger partial charge in [-0.1, -0.05) is 42.2 Å². The van der Waals surface area contributed by atoms with E-state index in [2.05, 4.69) is 11.8 Å². The lowest BCUT2D eigenvalue weighted by Crippen LogP contribution is -2.24. The van der Waals surface area contributed by atoms with Crippen LogP contribution in [0.15, 0.2) is 54.6 Å². The minimum absolute atomic E-state index is 0.0542. The van der Waals surface area contributed by atoms with E-state index in [0.717, 1.165) is 5.56 Å². The van der Waals surface area contributed by atoms with Crippen LogP contribution in [0.3, 0.4) is 0 Å². The lowest BCUT2D eigenvalue weighted by molar-refractivity contribution is -0.190. The summed E-state index contributed by atoms with van der Waals surface area (Å²) in [5, 5.41) is 0. The van der Waals surface area contributed by atoms with Gasteiger partial charge in [-0.15, -0.1) is 0 Å². The van der Waals surface area contributed by atoms with Gasteiger partial charge >= 0.3 is 0 Å². The number of benzene rings is 2. The Morgan fingerprint density at radius 3 is 2.45 bits per heavy atom. The fraction of sp³-hybridized carbons (Fsp3) is 0.391. The van der Waals surface area contributed by atoms with E-state index in [1.807, 2.05) is 30.3 Å². The first-order chi connectivity index (χ1) is 14.2. The number of hydrogen-bond donors (Lipinski definition) is 0. The topological polar surface area (TPSA) is 46.2 Å². The van der Waals surface area contributed by atoms with Crippen LogP contribution in [0.2, 0.25) is 0 Å². The van der Waals surface area contributed by atoms with Gasteiger partial charge in [0.15, 0.2) is 6.29 Å². The summed E-state index contributed by atoms with van der Waals surface area (Å²) in [6.07, 6.45) is -0.238. The van der Waals surface area contributed by atoms with Crippen LogP contribution >= 0.6 is 0 Å². The highest BCUT2D eigenvalue weighted by Crippen LogP contribution is 2.12. The van der Waals surface area contributed by atoms with Gasteiger partial charge < -0.3 is 23.7 Å². The van der Waals surface area contributed by atoms with E-state index >= 15 is 0 Å². The molecule has 0 saturated heterocycles. The van der Waals surface area contributed by atoms with Gasteiger partial charge in [0.05, 0.1) is 6.61 Å². The predicted octanol–water partition coefficient (Wildman–Crippen LogP) is 4.17. The number of halogens is 1. The lowest BCUT2D eigenvalue weighted by atomic mass is 10.2. The molecule has 2 atom stereocenters. The number of ether oxygens (including phenoxy) is 5. The standard InChI is InChI=1S/C23H27FO5/c1-19(25-2)28-18-29-23(17-27-22-13-11-21(24)12-14-22)10-6-7-15-26-16-20-8-4-3-5-9-20/h3-5,8-9,11-14,19,23H,10,15-18H2,1-2H3/t19?,23-/m0/s1. The zero-order chi connectivity index (χ0) is 20.7. The maximum Gasteiger partial charge on any atom is 0.157 e. The Morgan fingerprint density at radius 1 is 0.966 bits per heavy atom. The van der Waals surface area contributed by atoms with Crippen molar-refractivity contribution in [2.45, 2.75) is 32.3 Å². The monoisotopic (exact) mass is 402 g/mol. The summed E-state index contributed by atoms with van der Waals surface area (Å²) in [7, 11) is 1.56. The van der Waals surface area contributed by atoms with Crippen LogP contribution in [0.5, 0.6) is 5.75 Å². The Hall–Kier alpha value is -2.43. The summed E-state index contributed by atoms with van der Waals surface area (Å²) in [5.74, 6) is 6.27. The molecule has 0 fully saturated rings. The zero-order valence-corrected chi connectivity index (χ0v) is 16.8. The third-order valence-corrected chi connectivity index (χ3v) is 3.93. The SMILES string of the molecule is COC(C)OCO[C@@H](CC#CCOCc1ccccc1)COc1ccc(F)cc1. The van der Waals surface area contributed by atoms with Crippen LogP contribution in [0.1, 0.15) is 18.9 Å². The van der Waals surface area contributed by atoms with Gasteiger partial charge in [-0.2, -0.15) is 0 Å². The first-order valence-electron chi connectivity index (χ1n) is 9.39. The molecule has 0 N–H and O–H groups in total. The molecule has 0 saturated carbocycles. The van der Waals surface area contributed by atoms with Crippen molar-refractivity contribution in [1.29, 1.82) is 0 Å². The Labute approximate surface area is 171 Å². The highest BCUT2D eigenvalue weighted by Gasteiger charge is 2.10. The predicted molar refractivity (Wildman–Crippen MR) is 108 cm³/mol. The zero-order valence-electron chi connectivity index (χ0n) is 16.8. The minimum atomic E-state index is -0.369. The molecule has 0 amide bonds. The molecule has 0 aliphatic carbocycles. The van der Waals surface area contributed by atoms with E-state index in [4.69, 9.17) is 23.7 Å². The molecule has 2 aromatic rings. The summed E-state index contributed by atoms with van der Waals surface area (Å²) in [6.45, 7) is 2.94. The van der Waals surface area contributed by atoms with Gasteiger partial charge in [0.2, 0.25) is 0 Å². The molecule has 2 aromatic carbocycles. The van der Waals surface area contributed by atoms with E-state index in [-0.39, 0.29) is 31.6 Å². The lowest BCUT2D eigenvalue weighted by Gasteiger charge is -2.18. The molecule has 1 unspecified atom stereocenters. The molecule has 0 bridgehead atoms. The molecule has 0 heterocycles. The molecule has 0 spiro atoms. The van der Waals surface area contributed by atoms with Crippen molar-refractivity contribution in [3.8, 4) is 17.6 Å². The summed E-state index contributed by atoms with van der Waals surface area (Å²) in [4.78, 5) is 0. The molecular formula is C23H27FO5. The fourth-order valence-corrected chi connectivity index (χ4v) is 2.22. The Morgan fingerprint density at radius 2 is 1.72 bits per heavy atom. The van der Waals surface area contributed by atoms with Gasteiger partial charge in [-0.3, -0.25) is 0 Å². The molecule has 156 valence electrons. The molecule has 0 radical (unpaired) electrons. The summed E-state index contributed by atoms with van der Waals surface area (Å²) in [6, 6.07) is 15.7. The first-order valence-corrected chi connectivity index (χ1v) is 9.39. The van der Waals surface area contributed by atoms with Crippen LogP contribution in [0, 0.1) is 17.7 Å². The van der Waals surface area contributed by atoms with E-state index in [1.165, 1.54) is 12.1 Å². The Bertz CT molecular complexity index is 739. The number of methoxy groups -OCH3 is 1. The number of rotatable bonds is 12. The highest BCUT2D eigenvalue weighted by atomic mass is 19.1. The quantitative estimate of drug-likeness (QED) is 0.303. The van der Waals surface area contributed by atoms with Gasteiger partial charge in [0.1, 0.15) is 37.7 Å². The molecule has 29 heavy (non-hydrogen) atoms. The van der Waals surface area contributed by atoms with E-state index in [9.17, 15) is 4.39 Å². The van der Waals surface area contributed by atoms with Crippen LogP contribution in [0.4, 0.5) is 4.39 Å². The maximum absolute atomic E-state index is 13.0.